The van der Waals surface area contributed by atoms with Crippen LogP contribution in [0.25, 0.3) is 0 Å². The summed E-state index contributed by atoms with van der Waals surface area (Å²) in [5.74, 6) is 0.246. The van der Waals surface area contributed by atoms with Crippen molar-refractivity contribution in [2.75, 3.05) is 12.3 Å². The van der Waals surface area contributed by atoms with Crippen molar-refractivity contribution in [3.63, 3.8) is 0 Å². The third kappa shape index (κ3) is 3.35. The minimum atomic E-state index is -0.885. The number of thioether (sulfide) groups is 1. The Morgan fingerprint density at radius 3 is 2.79 bits per heavy atom. The summed E-state index contributed by atoms with van der Waals surface area (Å²) in [5.41, 5.74) is 4.73. The summed E-state index contributed by atoms with van der Waals surface area (Å²) in [6.45, 7) is -0.0695. The highest BCUT2D eigenvalue weighted by atomic mass is 32.2. The summed E-state index contributed by atoms with van der Waals surface area (Å²) in [4.78, 5) is 32.3. The van der Waals surface area contributed by atoms with Gasteiger partial charge in [0.2, 0.25) is 11.0 Å². The number of carbonyl (C=O) groups excluding carboxylic acids is 3. The molecule has 1 unspecified atom stereocenters. The summed E-state index contributed by atoms with van der Waals surface area (Å²) >= 11 is 1.25. The van der Waals surface area contributed by atoms with E-state index < -0.39 is 11.9 Å². The Hall–Kier alpha value is -1.08. The van der Waals surface area contributed by atoms with Gasteiger partial charge in [0.15, 0.2) is 0 Å². The topological polar surface area (TPSA) is 101 Å². The highest BCUT2D eigenvalue weighted by Crippen LogP contribution is 2.18. The van der Waals surface area contributed by atoms with Gasteiger partial charge in [-0.25, -0.2) is 4.79 Å². The highest BCUT2D eigenvalue weighted by molar-refractivity contribution is 8.14. The molecule has 0 radical (unpaired) electrons. The lowest BCUT2D eigenvalue weighted by Gasteiger charge is -2.08. The van der Waals surface area contributed by atoms with Crippen molar-refractivity contribution in [2.24, 2.45) is 5.73 Å². The van der Waals surface area contributed by atoms with Crippen LogP contribution in [0.3, 0.4) is 0 Å². The summed E-state index contributed by atoms with van der Waals surface area (Å²) in [5, 5.41) is 4.69. The molecule has 7 heteroatoms. The fraction of sp³-hybridized carbons (Fsp3) is 0.571. The molecule has 1 rings (SSSR count). The van der Waals surface area contributed by atoms with Gasteiger partial charge in [0.05, 0.1) is 12.6 Å². The number of hydrogen-bond donors (Lipinski definition) is 3. The number of hydrogen-bond acceptors (Lipinski definition) is 5. The van der Waals surface area contributed by atoms with Gasteiger partial charge in [0, 0.05) is 5.75 Å². The lowest BCUT2D eigenvalue weighted by molar-refractivity contribution is -0.119. The monoisotopic (exact) mass is 217 g/mol. The van der Waals surface area contributed by atoms with Crippen molar-refractivity contribution in [1.82, 2.24) is 10.6 Å². The minimum absolute atomic E-state index is 0.0388. The molecule has 0 bridgehead atoms. The van der Waals surface area contributed by atoms with E-state index in [-0.39, 0.29) is 17.7 Å². The van der Waals surface area contributed by atoms with E-state index in [9.17, 15) is 14.4 Å². The quantitative estimate of drug-likeness (QED) is 0.551. The normalized spacial score (nSPS) is 20.9. The van der Waals surface area contributed by atoms with E-state index in [0.717, 1.165) is 5.75 Å². The molecule has 1 aliphatic rings. The Kier molecular flexibility index (Phi) is 3.90. The number of carbonyl (C=O) groups is 3. The number of nitrogens with one attached hydrogen (secondary N) is 2. The first-order valence-corrected chi connectivity index (χ1v) is 5.07. The fourth-order valence-corrected chi connectivity index (χ4v) is 2.04. The van der Waals surface area contributed by atoms with Gasteiger partial charge in [-0.2, -0.15) is 0 Å². The van der Waals surface area contributed by atoms with Crippen LogP contribution in [-0.2, 0) is 9.59 Å². The smallest absolute Gasteiger partial charge is 0.318 e. The van der Waals surface area contributed by atoms with Crippen LogP contribution < -0.4 is 16.4 Å². The molecule has 1 atom stereocenters. The molecule has 1 heterocycles. The van der Waals surface area contributed by atoms with Crippen LogP contribution in [0.5, 0.6) is 0 Å². The van der Waals surface area contributed by atoms with E-state index in [2.05, 4.69) is 5.32 Å². The molecule has 14 heavy (non-hydrogen) atoms. The second kappa shape index (κ2) is 4.97. The Bertz CT molecular complexity index is 269. The molecule has 1 aliphatic heterocycles. The first kappa shape index (κ1) is 11.0. The summed E-state index contributed by atoms with van der Waals surface area (Å²) < 4.78 is 0. The van der Waals surface area contributed by atoms with Crippen LogP contribution in [0.1, 0.15) is 6.42 Å². The van der Waals surface area contributed by atoms with Gasteiger partial charge < -0.3 is 5.73 Å². The molecule has 1 fully saturated rings. The zero-order valence-corrected chi connectivity index (χ0v) is 8.23. The van der Waals surface area contributed by atoms with Gasteiger partial charge in [0.25, 0.3) is 0 Å². The number of nitrogens with two attached hydrogens (primary N) is 1. The molecule has 0 aromatic rings. The standard InChI is InChI=1S/C7H11N3O3S/c8-7(13)10-5(11)3-9-4-1-2-14-6(4)12/h4,9H,1-3H2,(H3,8,10,11,13). The second-order valence-electron chi connectivity index (χ2n) is 2.80. The van der Waals surface area contributed by atoms with Crippen LogP contribution in [0.15, 0.2) is 0 Å². The zero-order chi connectivity index (χ0) is 10.6. The third-order valence-electron chi connectivity index (χ3n) is 1.71. The predicted molar refractivity (Wildman–Crippen MR) is 51.6 cm³/mol. The van der Waals surface area contributed by atoms with Crippen molar-refractivity contribution < 1.29 is 14.4 Å². The predicted octanol–water partition coefficient (Wildman–Crippen LogP) is -1.20. The van der Waals surface area contributed by atoms with E-state index >= 15 is 0 Å². The summed E-state index contributed by atoms with van der Waals surface area (Å²) in [6.07, 6.45) is 0.716. The van der Waals surface area contributed by atoms with Gasteiger partial charge in [-0.3, -0.25) is 20.2 Å². The van der Waals surface area contributed by atoms with Crippen molar-refractivity contribution in [3.05, 3.63) is 0 Å². The number of urea groups is 1. The zero-order valence-electron chi connectivity index (χ0n) is 7.41. The highest BCUT2D eigenvalue weighted by Gasteiger charge is 2.25. The SMILES string of the molecule is NC(=O)NC(=O)CNC1CCSC1=O. The van der Waals surface area contributed by atoms with Crippen LogP contribution in [0, 0.1) is 0 Å². The lowest BCUT2D eigenvalue weighted by Crippen LogP contribution is -2.44. The molecule has 0 aromatic carbocycles. The number of rotatable bonds is 3. The molecule has 78 valence electrons. The first-order chi connectivity index (χ1) is 6.59. The molecule has 4 N–H and O–H groups in total. The number of primary amides is 1. The number of amides is 3. The van der Waals surface area contributed by atoms with E-state index in [0.29, 0.717) is 6.42 Å². The summed E-state index contributed by atoms with van der Waals surface area (Å²) in [6, 6.07) is -1.16. The first-order valence-electron chi connectivity index (χ1n) is 4.09. The molecular formula is C7H11N3O3S. The van der Waals surface area contributed by atoms with Gasteiger partial charge in [-0.15, -0.1) is 0 Å². The van der Waals surface area contributed by atoms with Gasteiger partial charge in [-0.05, 0) is 6.42 Å². The molecule has 1 saturated heterocycles. The maximum absolute atomic E-state index is 11.1. The van der Waals surface area contributed by atoms with E-state index in [4.69, 9.17) is 5.73 Å². The molecule has 6 nitrogen and oxygen atoms in total. The molecule has 0 saturated carbocycles. The van der Waals surface area contributed by atoms with Crippen LogP contribution in [-0.4, -0.2) is 35.4 Å². The Labute approximate surface area is 85.0 Å². The summed E-state index contributed by atoms with van der Waals surface area (Å²) in [7, 11) is 0. The van der Waals surface area contributed by atoms with Crippen LogP contribution >= 0.6 is 11.8 Å². The molecular weight excluding hydrogens is 206 g/mol. The van der Waals surface area contributed by atoms with E-state index in [1.165, 1.54) is 11.8 Å². The molecule has 0 spiro atoms. The van der Waals surface area contributed by atoms with Crippen molar-refractivity contribution in [2.45, 2.75) is 12.5 Å². The van der Waals surface area contributed by atoms with E-state index in [1.54, 1.807) is 0 Å². The second-order valence-corrected chi connectivity index (χ2v) is 3.90. The maximum Gasteiger partial charge on any atom is 0.318 e. The maximum atomic E-state index is 11.1. The average Bonchev–Trinajstić information content (AvgIpc) is 2.46. The van der Waals surface area contributed by atoms with Crippen LogP contribution in [0.4, 0.5) is 4.79 Å². The Morgan fingerprint density at radius 1 is 1.57 bits per heavy atom. The van der Waals surface area contributed by atoms with E-state index in [1.807, 2.05) is 5.32 Å². The third-order valence-corrected chi connectivity index (χ3v) is 2.72. The van der Waals surface area contributed by atoms with Crippen molar-refractivity contribution in [3.8, 4) is 0 Å². The van der Waals surface area contributed by atoms with Gasteiger partial charge in [-0.1, -0.05) is 11.8 Å². The molecule has 0 aliphatic carbocycles. The Morgan fingerprint density at radius 2 is 2.29 bits per heavy atom. The number of imide groups is 1. The largest absolute Gasteiger partial charge is 0.351 e. The average molecular weight is 217 g/mol. The fourth-order valence-electron chi connectivity index (χ4n) is 1.08. The van der Waals surface area contributed by atoms with Crippen LogP contribution in [0.2, 0.25) is 0 Å². The van der Waals surface area contributed by atoms with Gasteiger partial charge in [0.1, 0.15) is 0 Å². The molecule has 3 amide bonds. The molecule has 0 aromatic heterocycles. The lowest BCUT2D eigenvalue weighted by atomic mass is 10.2. The van der Waals surface area contributed by atoms with Crippen molar-refractivity contribution in [1.29, 1.82) is 0 Å². The van der Waals surface area contributed by atoms with Crippen molar-refractivity contribution >= 4 is 28.8 Å². The minimum Gasteiger partial charge on any atom is -0.351 e. The Balaban J connectivity index is 2.23. The van der Waals surface area contributed by atoms with Gasteiger partial charge >= 0.3 is 6.03 Å².